The van der Waals surface area contributed by atoms with E-state index in [1.165, 1.54) is 0 Å². The van der Waals surface area contributed by atoms with Crippen molar-refractivity contribution in [3.63, 3.8) is 0 Å². The van der Waals surface area contributed by atoms with E-state index in [0.29, 0.717) is 5.95 Å². The third-order valence-corrected chi connectivity index (χ3v) is 4.19. The Morgan fingerprint density at radius 2 is 1.59 bits per heavy atom. The predicted octanol–water partition coefficient (Wildman–Crippen LogP) is 4.58. The third-order valence-electron chi connectivity index (χ3n) is 4.19. The maximum absolute atomic E-state index is 4.56. The van der Waals surface area contributed by atoms with Gasteiger partial charge in [-0.05, 0) is 42.5 Å². The lowest BCUT2D eigenvalue weighted by Gasteiger charge is -2.13. The number of fused-ring (bicyclic) bond motifs is 1. The molecule has 0 bridgehead atoms. The Bertz CT molecular complexity index is 1050. The zero-order chi connectivity index (χ0) is 18.6. The Hall–Kier alpha value is -3.67. The van der Waals surface area contributed by atoms with Crippen molar-refractivity contribution in [1.82, 2.24) is 15.0 Å². The zero-order valence-electron chi connectivity index (χ0n) is 15.2. The van der Waals surface area contributed by atoms with Crippen molar-refractivity contribution in [3.05, 3.63) is 73.1 Å². The lowest BCUT2D eigenvalue weighted by atomic mass is 10.2. The van der Waals surface area contributed by atoms with Gasteiger partial charge in [0, 0.05) is 43.3 Å². The number of aromatic nitrogens is 3. The van der Waals surface area contributed by atoms with Gasteiger partial charge in [-0.2, -0.15) is 4.98 Å². The lowest BCUT2D eigenvalue weighted by Crippen LogP contribution is -2.08. The molecule has 0 saturated heterocycles. The molecule has 0 aliphatic heterocycles. The van der Waals surface area contributed by atoms with Gasteiger partial charge in [0.2, 0.25) is 5.95 Å². The Kier molecular flexibility index (Phi) is 4.53. The van der Waals surface area contributed by atoms with Crippen molar-refractivity contribution in [3.8, 4) is 0 Å². The fourth-order valence-electron chi connectivity index (χ4n) is 2.80. The smallest absolute Gasteiger partial charge is 0.229 e. The second-order valence-corrected chi connectivity index (χ2v) is 6.34. The number of nitrogens with one attached hydrogen (secondary N) is 2. The van der Waals surface area contributed by atoms with Crippen molar-refractivity contribution in [2.75, 3.05) is 29.6 Å². The van der Waals surface area contributed by atoms with Crippen LogP contribution in [0.25, 0.3) is 10.9 Å². The highest BCUT2D eigenvalue weighted by atomic mass is 15.1. The number of rotatable bonds is 5. The van der Waals surface area contributed by atoms with Crippen LogP contribution in [0.2, 0.25) is 0 Å². The molecule has 2 N–H and O–H groups in total. The fraction of sp³-hybridized carbons (Fsp3) is 0.0952. The molecule has 2 aromatic carbocycles. The molecule has 0 radical (unpaired) electrons. The van der Waals surface area contributed by atoms with Gasteiger partial charge in [0.05, 0.1) is 11.2 Å². The van der Waals surface area contributed by atoms with Crippen LogP contribution in [-0.2, 0) is 0 Å². The van der Waals surface area contributed by atoms with Gasteiger partial charge in [0.25, 0.3) is 0 Å². The van der Waals surface area contributed by atoms with Crippen molar-refractivity contribution >= 4 is 39.7 Å². The molecule has 0 unspecified atom stereocenters. The number of pyridine rings is 1. The van der Waals surface area contributed by atoms with Crippen molar-refractivity contribution in [2.24, 2.45) is 0 Å². The molecule has 0 aliphatic rings. The van der Waals surface area contributed by atoms with E-state index >= 15 is 0 Å². The van der Waals surface area contributed by atoms with E-state index in [9.17, 15) is 0 Å². The quantitative estimate of drug-likeness (QED) is 0.546. The summed E-state index contributed by atoms with van der Waals surface area (Å²) in [6.45, 7) is 0. The summed E-state index contributed by atoms with van der Waals surface area (Å²) in [5, 5.41) is 7.64. The molecule has 2 heterocycles. The minimum Gasteiger partial charge on any atom is -0.378 e. The Balaban J connectivity index is 1.55. The van der Waals surface area contributed by atoms with Crippen LogP contribution in [-0.4, -0.2) is 29.0 Å². The molecule has 0 amide bonds. The van der Waals surface area contributed by atoms with Gasteiger partial charge < -0.3 is 15.5 Å². The molecule has 4 rings (SSSR count). The molecule has 0 spiro atoms. The first-order valence-electron chi connectivity index (χ1n) is 8.67. The molecule has 0 aliphatic carbocycles. The molecule has 0 saturated carbocycles. The molecule has 2 aromatic heterocycles. The third kappa shape index (κ3) is 3.79. The monoisotopic (exact) mass is 356 g/mol. The minimum absolute atomic E-state index is 0.517. The van der Waals surface area contributed by atoms with Gasteiger partial charge in [-0.25, -0.2) is 4.98 Å². The fourth-order valence-corrected chi connectivity index (χ4v) is 2.80. The van der Waals surface area contributed by atoms with E-state index in [1.54, 1.807) is 12.4 Å². The summed E-state index contributed by atoms with van der Waals surface area (Å²) in [5.41, 5.74) is 3.88. The second kappa shape index (κ2) is 7.29. The first kappa shape index (κ1) is 16.8. The number of anilines is 5. The number of para-hydroxylation sites is 1. The molecule has 6 nitrogen and oxygen atoms in total. The largest absolute Gasteiger partial charge is 0.378 e. The van der Waals surface area contributed by atoms with Crippen molar-refractivity contribution in [2.45, 2.75) is 0 Å². The van der Waals surface area contributed by atoms with Gasteiger partial charge in [-0.1, -0.05) is 18.2 Å². The molecule has 27 heavy (non-hydrogen) atoms. The average molecular weight is 356 g/mol. The molecule has 6 heteroatoms. The summed E-state index contributed by atoms with van der Waals surface area (Å²) in [6.07, 6.45) is 3.51. The van der Waals surface area contributed by atoms with Gasteiger partial charge in [0.1, 0.15) is 5.82 Å². The first-order valence-corrected chi connectivity index (χ1v) is 8.67. The van der Waals surface area contributed by atoms with Crippen LogP contribution in [0, 0.1) is 0 Å². The summed E-state index contributed by atoms with van der Waals surface area (Å²) in [7, 11) is 4.04. The SMILES string of the molecule is CN(C)c1ccc(Nc2ccnc(Nc3cccc4cccnc34)n2)cc1. The lowest BCUT2D eigenvalue weighted by molar-refractivity contribution is 1.13. The maximum atomic E-state index is 4.56. The normalized spacial score (nSPS) is 10.6. The van der Waals surface area contributed by atoms with Crippen LogP contribution < -0.4 is 15.5 Å². The average Bonchev–Trinajstić information content (AvgIpc) is 2.69. The van der Waals surface area contributed by atoms with E-state index in [1.807, 2.05) is 62.6 Å². The topological polar surface area (TPSA) is 66.0 Å². The predicted molar refractivity (Wildman–Crippen MR) is 111 cm³/mol. The number of benzene rings is 2. The van der Waals surface area contributed by atoms with E-state index in [2.05, 4.69) is 42.6 Å². The van der Waals surface area contributed by atoms with Gasteiger partial charge in [0.15, 0.2) is 0 Å². The van der Waals surface area contributed by atoms with Crippen LogP contribution in [0.1, 0.15) is 0 Å². The summed E-state index contributed by atoms with van der Waals surface area (Å²) < 4.78 is 0. The van der Waals surface area contributed by atoms with Gasteiger partial charge >= 0.3 is 0 Å². The van der Waals surface area contributed by atoms with E-state index in [0.717, 1.165) is 33.8 Å². The second-order valence-electron chi connectivity index (χ2n) is 6.34. The Labute approximate surface area is 157 Å². The van der Waals surface area contributed by atoms with Crippen molar-refractivity contribution < 1.29 is 0 Å². The van der Waals surface area contributed by atoms with Gasteiger partial charge in [-0.15, -0.1) is 0 Å². The van der Waals surface area contributed by atoms with E-state index in [-0.39, 0.29) is 0 Å². The van der Waals surface area contributed by atoms with Crippen LogP contribution in [0.5, 0.6) is 0 Å². The van der Waals surface area contributed by atoms with Crippen molar-refractivity contribution in [1.29, 1.82) is 0 Å². The molecular weight excluding hydrogens is 336 g/mol. The van der Waals surface area contributed by atoms with Crippen LogP contribution in [0.4, 0.5) is 28.8 Å². The highest BCUT2D eigenvalue weighted by Gasteiger charge is 2.05. The summed E-state index contributed by atoms with van der Waals surface area (Å²) in [4.78, 5) is 15.4. The maximum Gasteiger partial charge on any atom is 0.229 e. The van der Waals surface area contributed by atoms with E-state index < -0.39 is 0 Å². The Morgan fingerprint density at radius 1 is 0.778 bits per heavy atom. The molecule has 134 valence electrons. The summed E-state index contributed by atoms with van der Waals surface area (Å²) in [5.74, 6) is 1.24. The molecular formula is C21H20N6. The first-order chi connectivity index (χ1) is 13.2. The number of nitrogens with zero attached hydrogens (tertiary/aromatic N) is 4. The molecule has 0 fully saturated rings. The summed E-state index contributed by atoms with van der Waals surface area (Å²) in [6, 6.07) is 20.0. The Morgan fingerprint density at radius 3 is 2.41 bits per heavy atom. The van der Waals surface area contributed by atoms with E-state index in [4.69, 9.17) is 0 Å². The minimum atomic E-state index is 0.517. The standard InChI is InChI=1S/C21H20N6/c1-27(2)17-10-8-16(9-11-17)24-19-12-14-23-21(26-19)25-18-7-3-5-15-6-4-13-22-20(15)18/h3-14H,1-2H3,(H2,23,24,25,26). The van der Waals surface area contributed by atoms with Crippen LogP contribution in [0.15, 0.2) is 73.1 Å². The zero-order valence-corrected chi connectivity index (χ0v) is 15.2. The number of hydrogen-bond donors (Lipinski definition) is 2. The summed E-state index contributed by atoms with van der Waals surface area (Å²) >= 11 is 0. The highest BCUT2D eigenvalue weighted by Crippen LogP contribution is 2.24. The molecule has 0 atom stereocenters. The highest BCUT2D eigenvalue weighted by molar-refractivity contribution is 5.91. The number of hydrogen-bond acceptors (Lipinski definition) is 6. The van der Waals surface area contributed by atoms with Gasteiger partial charge in [-0.3, -0.25) is 4.98 Å². The molecule has 4 aromatic rings. The van der Waals surface area contributed by atoms with Crippen LogP contribution in [0.3, 0.4) is 0 Å². The van der Waals surface area contributed by atoms with Crippen LogP contribution >= 0.6 is 0 Å².